The van der Waals surface area contributed by atoms with Gasteiger partial charge in [0.05, 0.1) is 22.6 Å². The number of H-pyrrole nitrogens is 1. The number of nitrogens with one attached hydrogen (secondary N) is 3. The number of benzene rings is 2. The van der Waals surface area contributed by atoms with Crippen molar-refractivity contribution < 1.29 is 18.3 Å². The lowest BCUT2D eigenvalue weighted by Crippen LogP contribution is -2.26. The molecule has 3 aromatic rings. The number of aromatic amines is 1. The molecular formula is C23H28N4O4S. The zero-order valence-corrected chi connectivity index (χ0v) is 18.6. The van der Waals surface area contributed by atoms with E-state index in [1.54, 1.807) is 24.3 Å². The number of ether oxygens (including phenoxy) is 1. The number of hydrogen-bond acceptors (Lipinski definition) is 6. The summed E-state index contributed by atoms with van der Waals surface area (Å²) in [4.78, 5) is 0. The Labute approximate surface area is 187 Å². The van der Waals surface area contributed by atoms with E-state index in [1.165, 1.54) is 18.2 Å². The molecule has 0 spiro atoms. The molecule has 2 aliphatic carbocycles. The maximum Gasteiger partial charge on any atom is 0.235 e. The monoisotopic (exact) mass is 456 g/mol. The molecule has 0 aliphatic heterocycles. The van der Waals surface area contributed by atoms with Gasteiger partial charge in [-0.25, -0.2) is 8.42 Å². The number of hydrogen-bond donors (Lipinski definition) is 4. The number of anilines is 1. The molecule has 0 saturated heterocycles. The van der Waals surface area contributed by atoms with E-state index in [-0.39, 0.29) is 5.25 Å². The molecule has 1 heterocycles. The van der Waals surface area contributed by atoms with Gasteiger partial charge in [-0.1, -0.05) is 12.1 Å². The molecule has 0 radical (unpaired) electrons. The minimum atomic E-state index is -3.32. The maximum absolute atomic E-state index is 12.1. The van der Waals surface area contributed by atoms with E-state index >= 15 is 0 Å². The van der Waals surface area contributed by atoms with E-state index in [4.69, 9.17) is 4.74 Å². The van der Waals surface area contributed by atoms with Gasteiger partial charge in [-0.2, -0.15) is 5.10 Å². The molecule has 4 N–H and O–H groups in total. The van der Waals surface area contributed by atoms with Gasteiger partial charge in [0, 0.05) is 36.1 Å². The first-order valence-corrected chi connectivity index (χ1v) is 12.7. The summed E-state index contributed by atoms with van der Waals surface area (Å²) in [5.41, 5.74) is 3.29. The normalized spacial score (nSPS) is 17.4. The van der Waals surface area contributed by atoms with Crippen molar-refractivity contribution in [2.75, 3.05) is 24.4 Å². The van der Waals surface area contributed by atoms with Crippen molar-refractivity contribution in [3.63, 3.8) is 0 Å². The molecule has 2 fully saturated rings. The fraction of sp³-hybridized carbons (Fsp3) is 0.435. The van der Waals surface area contributed by atoms with Crippen molar-refractivity contribution in [1.82, 2.24) is 15.5 Å². The number of sulfonamides is 1. The van der Waals surface area contributed by atoms with Gasteiger partial charge in [-0.05, 0) is 55.5 Å². The van der Waals surface area contributed by atoms with E-state index < -0.39 is 16.1 Å². The number of aliphatic hydroxyl groups excluding tert-OH is 1. The topological polar surface area (TPSA) is 116 Å². The van der Waals surface area contributed by atoms with Crippen LogP contribution in [0.5, 0.6) is 5.75 Å². The fourth-order valence-electron chi connectivity index (χ4n) is 3.81. The zero-order chi connectivity index (χ0) is 22.1. The first-order chi connectivity index (χ1) is 15.5. The van der Waals surface area contributed by atoms with Gasteiger partial charge in [-0.3, -0.25) is 9.82 Å². The summed E-state index contributed by atoms with van der Waals surface area (Å²) in [6.45, 7) is 1.37. The molecule has 2 saturated carbocycles. The highest BCUT2D eigenvalue weighted by Crippen LogP contribution is 2.42. The summed E-state index contributed by atoms with van der Waals surface area (Å²) in [7, 11) is -3.32. The largest absolute Gasteiger partial charge is 0.492 e. The molecule has 5 rings (SSSR count). The van der Waals surface area contributed by atoms with Crippen LogP contribution in [-0.4, -0.2) is 48.7 Å². The second-order valence-corrected chi connectivity index (χ2v) is 10.6. The van der Waals surface area contributed by atoms with Crippen LogP contribution in [-0.2, 0) is 10.0 Å². The molecule has 32 heavy (non-hydrogen) atoms. The van der Waals surface area contributed by atoms with Gasteiger partial charge in [0.2, 0.25) is 10.0 Å². The maximum atomic E-state index is 12.1. The third kappa shape index (κ3) is 4.90. The molecule has 0 bridgehead atoms. The summed E-state index contributed by atoms with van der Waals surface area (Å²) in [5.74, 6) is 1.38. The molecule has 2 aliphatic rings. The quantitative estimate of drug-likeness (QED) is 0.330. The van der Waals surface area contributed by atoms with E-state index in [0.29, 0.717) is 49.7 Å². The van der Waals surface area contributed by atoms with Crippen LogP contribution in [0.15, 0.2) is 42.5 Å². The lowest BCUT2D eigenvalue weighted by molar-refractivity contribution is 0.172. The minimum absolute atomic E-state index is 0.285. The number of aromatic nitrogens is 2. The van der Waals surface area contributed by atoms with Gasteiger partial charge in [0.1, 0.15) is 12.4 Å². The van der Waals surface area contributed by atoms with Crippen LogP contribution < -0.4 is 14.8 Å². The van der Waals surface area contributed by atoms with Crippen molar-refractivity contribution in [2.24, 2.45) is 0 Å². The van der Waals surface area contributed by atoms with Crippen LogP contribution in [0.1, 0.15) is 49.0 Å². The van der Waals surface area contributed by atoms with Crippen LogP contribution in [0.4, 0.5) is 5.69 Å². The van der Waals surface area contributed by atoms with Crippen LogP contribution in [0.2, 0.25) is 0 Å². The molecule has 1 aromatic heterocycles. The van der Waals surface area contributed by atoms with Crippen molar-refractivity contribution in [3.05, 3.63) is 53.7 Å². The van der Waals surface area contributed by atoms with Gasteiger partial charge >= 0.3 is 0 Å². The number of nitrogens with zero attached hydrogens (tertiary/aromatic N) is 1. The first kappa shape index (κ1) is 21.2. The Morgan fingerprint density at radius 2 is 2.00 bits per heavy atom. The third-order valence-corrected chi connectivity index (χ3v) is 7.78. The third-order valence-electron chi connectivity index (χ3n) is 5.91. The summed E-state index contributed by atoms with van der Waals surface area (Å²) in [6, 6.07) is 12.9. The Morgan fingerprint density at radius 1 is 1.16 bits per heavy atom. The predicted molar refractivity (Wildman–Crippen MR) is 123 cm³/mol. The fourth-order valence-corrected chi connectivity index (χ4v) is 5.19. The van der Waals surface area contributed by atoms with Crippen LogP contribution >= 0.6 is 0 Å². The van der Waals surface area contributed by atoms with Gasteiger partial charge < -0.3 is 15.2 Å². The highest BCUT2D eigenvalue weighted by Gasteiger charge is 2.35. The Morgan fingerprint density at radius 3 is 2.78 bits per heavy atom. The molecule has 9 heteroatoms. The van der Waals surface area contributed by atoms with E-state index in [9.17, 15) is 13.5 Å². The van der Waals surface area contributed by atoms with Crippen molar-refractivity contribution in [3.8, 4) is 5.75 Å². The average Bonchev–Trinajstić information content (AvgIpc) is 3.70. The second-order valence-electron chi connectivity index (χ2n) is 8.63. The van der Waals surface area contributed by atoms with Gasteiger partial charge in [0.25, 0.3) is 0 Å². The summed E-state index contributed by atoms with van der Waals surface area (Å²) in [6.07, 6.45) is 3.11. The lowest BCUT2D eigenvalue weighted by Gasteiger charge is -2.14. The molecular weight excluding hydrogens is 428 g/mol. The zero-order valence-electron chi connectivity index (χ0n) is 17.8. The molecule has 0 unspecified atom stereocenters. The van der Waals surface area contributed by atoms with Crippen molar-refractivity contribution in [1.29, 1.82) is 0 Å². The summed E-state index contributed by atoms with van der Waals surface area (Å²) < 4.78 is 32.6. The number of rotatable bonds is 11. The Kier molecular flexibility index (Phi) is 5.79. The Bertz CT molecular complexity index is 1200. The van der Waals surface area contributed by atoms with Crippen LogP contribution in [0.3, 0.4) is 0 Å². The van der Waals surface area contributed by atoms with E-state index in [2.05, 4.69) is 26.3 Å². The SMILES string of the molecule is O=S(=O)(Nc1cccc([C@@H](O)CNCCOc2ccc3c(C4CC4)n[nH]c3c2)c1)C1CC1. The van der Waals surface area contributed by atoms with Gasteiger partial charge in [-0.15, -0.1) is 0 Å². The van der Waals surface area contributed by atoms with Crippen LogP contribution in [0.25, 0.3) is 10.9 Å². The van der Waals surface area contributed by atoms with E-state index in [1.807, 2.05) is 12.1 Å². The molecule has 2 aromatic carbocycles. The van der Waals surface area contributed by atoms with Crippen molar-refractivity contribution in [2.45, 2.75) is 43.0 Å². The van der Waals surface area contributed by atoms with Crippen LogP contribution in [0, 0.1) is 0 Å². The Hall–Kier alpha value is -2.62. The van der Waals surface area contributed by atoms with Gasteiger partial charge in [0.15, 0.2) is 0 Å². The first-order valence-electron chi connectivity index (χ1n) is 11.1. The minimum Gasteiger partial charge on any atom is -0.492 e. The predicted octanol–water partition coefficient (Wildman–Crippen LogP) is 3.05. The Balaban J connectivity index is 1.08. The second kappa shape index (κ2) is 8.73. The highest BCUT2D eigenvalue weighted by molar-refractivity contribution is 7.93. The molecule has 8 nitrogen and oxygen atoms in total. The summed E-state index contributed by atoms with van der Waals surface area (Å²) in [5, 5.41) is 22.1. The number of aliphatic hydroxyl groups is 1. The van der Waals surface area contributed by atoms with Crippen molar-refractivity contribution >= 4 is 26.6 Å². The highest BCUT2D eigenvalue weighted by atomic mass is 32.2. The molecule has 170 valence electrons. The van der Waals surface area contributed by atoms with E-state index in [0.717, 1.165) is 17.0 Å². The molecule has 1 atom stereocenters. The molecule has 0 amide bonds. The lowest BCUT2D eigenvalue weighted by atomic mass is 10.1. The number of fused-ring (bicyclic) bond motifs is 1. The average molecular weight is 457 g/mol. The standard InChI is InChI=1S/C23H28N4O4S/c28-22(16-2-1-3-17(12-16)27-32(29,30)19-7-8-19)14-24-10-11-31-18-6-9-20-21(13-18)25-26-23(20)15-4-5-15/h1-3,6,9,12-13,15,19,22,24,27-28H,4-5,7-8,10-11,14H2,(H,25,26)/t22-/m0/s1. The smallest absolute Gasteiger partial charge is 0.235 e. The summed E-state index contributed by atoms with van der Waals surface area (Å²) >= 11 is 0.